The van der Waals surface area contributed by atoms with E-state index in [1.54, 1.807) is 7.11 Å². The molecule has 0 aromatic heterocycles. The first-order valence-corrected chi connectivity index (χ1v) is 17.1. The zero-order valence-corrected chi connectivity index (χ0v) is 30.3. The molecule has 0 aromatic rings. The molecule has 0 spiro atoms. The number of methoxy groups -OCH3 is 1. The zero-order chi connectivity index (χ0) is 30.2. The normalized spacial score (nSPS) is 35.4. The van der Waals surface area contributed by atoms with Crippen molar-refractivity contribution in [2.75, 3.05) is 20.8 Å². The number of hydrogen-bond donors (Lipinski definition) is 2. The molecule has 3 nitrogen and oxygen atoms in total. The van der Waals surface area contributed by atoms with Gasteiger partial charge in [-0.3, -0.25) is 0 Å². The van der Waals surface area contributed by atoms with Gasteiger partial charge in [0.15, 0.2) is 0 Å². The third-order valence-corrected chi connectivity index (χ3v) is 10.7. The van der Waals surface area contributed by atoms with Gasteiger partial charge in [0, 0.05) is 20.8 Å². The first-order chi connectivity index (χ1) is 18.5. The van der Waals surface area contributed by atoms with E-state index in [0.29, 0.717) is 10.8 Å². The molecule has 8 atom stereocenters. The standard InChI is InChI=1S/C26H46O.C4H10.C3H8O.C2H6.CH4O.H2S/c1-18(2)7-5-6-8-19-10-12-23-22-11-9-20-17-21(27)13-15-26(20,4)24(22)14-16-25(19,23)3;1-4(2)3;1-3-4-2;2*1-2;/h18-24,27H,5-17H2,1-4H3;4H,1-3H3;3H2,1-2H3;1-2H3;2H,1H3;1H2. The lowest BCUT2D eigenvalue weighted by molar-refractivity contribution is -0.127. The first kappa shape index (κ1) is 42.4. The van der Waals surface area contributed by atoms with E-state index in [1.807, 2.05) is 20.8 Å². The van der Waals surface area contributed by atoms with Gasteiger partial charge in [-0.2, -0.15) is 13.5 Å². The molecular weight excluding hydrogens is 512 g/mol. The molecule has 0 saturated heterocycles. The molecule has 4 aliphatic rings. The van der Waals surface area contributed by atoms with Gasteiger partial charge in [-0.15, -0.1) is 0 Å². The predicted octanol–water partition coefficient (Wildman–Crippen LogP) is 10.3. The van der Waals surface area contributed by atoms with Crippen LogP contribution in [0.2, 0.25) is 0 Å². The van der Waals surface area contributed by atoms with Gasteiger partial charge in [0.2, 0.25) is 0 Å². The minimum atomic E-state index is -0.00446. The van der Waals surface area contributed by atoms with Crippen molar-refractivity contribution in [1.29, 1.82) is 0 Å². The van der Waals surface area contributed by atoms with E-state index in [0.717, 1.165) is 68.0 Å². The maximum atomic E-state index is 10.2. The van der Waals surface area contributed by atoms with Crippen molar-refractivity contribution < 1.29 is 14.9 Å². The van der Waals surface area contributed by atoms with Gasteiger partial charge in [-0.25, -0.2) is 0 Å². The summed E-state index contributed by atoms with van der Waals surface area (Å²) in [7, 11) is 2.68. The Hall–Kier alpha value is 0.230. The van der Waals surface area contributed by atoms with Crippen molar-refractivity contribution in [3.63, 3.8) is 0 Å². The Morgan fingerprint density at radius 3 is 1.85 bits per heavy atom. The Morgan fingerprint density at radius 2 is 1.32 bits per heavy atom. The van der Waals surface area contributed by atoms with Crippen LogP contribution in [-0.4, -0.2) is 37.1 Å². The van der Waals surface area contributed by atoms with Crippen LogP contribution in [0.3, 0.4) is 0 Å². The van der Waals surface area contributed by atoms with E-state index in [2.05, 4.69) is 53.2 Å². The van der Waals surface area contributed by atoms with Crippen LogP contribution in [0.4, 0.5) is 0 Å². The van der Waals surface area contributed by atoms with Crippen LogP contribution in [0.15, 0.2) is 0 Å². The summed E-state index contributed by atoms with van der Waals surface area (Å²) in [5, 5.41) is 17.2. The van der Waals surface area contributed by atoms with E-state index in [1.165, 1.54) is 70.6 Å². The van der Waals surface area contributed by atoms with E-state index >= 15 is 0 Å². The van der Waals surface area contributed by atoms with Crippen molar-refractivity contribution in [3.05, 3.63) is 0 Å². The minimum Gasteiger partial charge on any atom is -0.400 e. The zero-order valence-electron chi connectivity index (χ0n) is 29.3. The summed E-state index contributed by atoms with van der Waals surface area (Å²) in [4.78, 5) is 0. The monoisotopic (exact) mass is 589 g/mol. The second-order valence-corrected chi connectivity index (χ2v) is 14.4. The van der Waals surface area contributed by atoms with Crippen LogP contribution in [-0.2, 0) is 4.74 Å². The van der Waals surface area contributed by atoms with Gasteiger partial charge in [0.25, 0.3) is 0 Å². The summed E-state index contributed by atoms with van der Waals surface area (Å²) in [5.41, 5.74) is 1.19. The molecule has 40 heavy (non-hydrogen) atoms. The third-order valence-electron chi connectivity index (χ3n) is 10.7. The molecule has 2 N–H and O–H groups in total. The molecule has 0 aromatic carbocycles. The highest BCUT2D eigenvalue weighted by Crippen LogP contribution is 2.67. The van der Waals surface area contributed by atoms with Gasteiger partial charge < -0.3 is 14.9 Å². The summed E-state index contributed by atoms with van der Waals surface area (Å²) in [6.07, 6.45) is 18.2. The van der Waals surface area contributed by atoms with E-state index in [4.69, 9.17) is 5.11 Å². The van der Waals surface area contributed by atoms with Crippen molar-refractivity contribution in [2.45, 2.75) is 159 Å². The molecule has 8 unspecified atom stereocenters. The molecule has 0 radical (unpaired) electrons. The molecule has 4 heteroatoms. The van der Waals surface area contributed by atoms with Crippen LogP contribution in [0.1, 0.15) is 153 Å². The Bertz CT molecular complexity index is 592. The van der Waals surface area contributed by atoms with Crippen molar-refractivity contribution in [3.8, 4) is 0 Å². The summed E-state index contributed by atoms with van der Waals surface area (Å²) >= 11 is 0. The molecule has 0 aliphatic heterocycles. The van der Waals surface area contributed by atoms with Crippen molar-refractivity contribution in [1.82, 2.24) is 0 Å². The number of fused-ring (bicyclic) bond motifs is 5. The molecule has 0 amide bonds. The molecule has 244 valence electrons. The van der Waals surface area contributed by atoms with E-state index in [9.17, 15) is 5.11 Å². The minimum absolute atomic E-state index is 0. The number of rotatable bonds is 6. The number of aliphatic hydroxyl groups is 2. The molecule has 0 bridgehead atoms. The molecule has 4 fully saturated rings. The molecular formula is C36H76O3S. The van der Waals surface area contributed by atoms with Crippen molar-refractivity contribution in [2.24, 2.45) is 52.3 Å². The fraction of sp³-hybridized carbons (Fsp3) is 1.00. The van der Waals surface area contributed by atoms with E-state index < -0.39 is 0 Å². The highest BCUT2D eigenvalue weighted by Gasteiger charge is 2.59. The van der Waals surface area contributed by atoms with Gasteiger partial charge in [-0.05, 0) is 123 Å². The predicted molar refractivity (Wildman–Crippen MR) is 182 cm³/mol. The van der Waals surface area contributed by atoms with Crippen LogP contribution in [0, 0.1) is 52.3 Å². The average molecular weight is 589 g/mol. The maximum Gasteiger partial charge on any atom is 0.0543 e. The Kier molecular flexibility index (Phi) is 23.1. The van der Waals surface area contributed by atoms with Gasteiger partial charge >= 0.3 is 0 Å². The summed E-state index contributed by atoms with van der Waals surface area (Å²) in [6.45, 7) is 23.3. The van der Waals surface area contributed by atoms with Crippen molar-refractivity contribution >= 4 is 13.5 Å². The SMILES string of the molecule is CC.CC(C)C.CC(C)CCCCC1CCC2C3CCC4CC(O)CCC4(C)C3CCC12C.CCOC.CO.S. The van der Waals surface area contributed by atoms with E-state index in [-0.39, 0.29) is 19.6 Å². The Morgan fingerprint density at radius 1 is 0.800 bits per heavy atom. The first-order valence-electron chi connectivity index (χ1n) is 17.1. The quantitative estimate of drug-likeness (QED) is 0.303. The lowest BCUT2D eigenvalue weighted by atomic mass is 9.44. The van der Waals surface area contributed by atoms with Gasteiger partial charge in [-0.1, -0.05) is 81.6 Å². The number of hydrogen-bond acceptors (Lipinski definition) is 3. The molecule has 4 saturated carbocycles. The van der Waals surface area contributed by atoms with Gasteiger partial charge in [0.1, 0.15) is 0 Å². The van der Waals surface area contributed by atoms with Crippen LogP contribution in [0.25, 0.3) is 0 Å². The number of ether oxygens (including phenoxy) is 1. The molecule has 0 heterocycles. The highest BCUT2D eigenvalue weighted by molar-refractivity contribution is 7.59. The topological polar surface area (TPSA) is 49.7 Å². The van der Waals surface area contributed by atoms with Crippen LogP contribution >= 0.6 is 13.5 Å². The maximum absolute atomic E-state index is 10.2. The highest BCUT2D eigenvalue weighted by atomic mass is 32.1. The second-order valence-electron chi connectivity index (χ2n) is 14.4. The smallest absolute Gasteiger partial charge is 0.0543 e. The fourth-order valence-electron chi connectivity index (χ4n) is 8.76. The lowest BCUT2D eigenvalue weighted by Gasteiger charge is -2.61. The van der Waals surface area contributed by atoms with Crippen LogP contribution in [0.5, 0.6) is 0 Å². The molecule has 4 rings (SSSR count). The molecule has 4 aliphatic carbocycles. The average Bonchev–Trinajstić information content (AvgIpc) is 3.25. The van der Waals surface area contributed by atoms with Crippen LogP contribution < -0.4 is 0 Å². The summed E-state index contributed by atoms with van der Waals surface area (Å²) < 4.78 is 4.54. The summed E-state index contributed by atoms with van der Waals surface area (Å²) in [5.74, 6) is 6.49. The lowest BCUT2D eigenvalue weighted by Crippen LogP contribution is -2.53. The number of unbranched alkanes of at least 4 members (excludes halogenated alkanes) is 1. The second kappa shape index (κ2) is 21.8. The Labute approximate surface area is 259 Å². The summed E-state index contributed by atoms with van der Waals surface area (Å²) in [6, 6.07) is 0. The Balaban J connectivity index is 0. The third kappa shape index (κ3) is 12.1. The van der Waals surface area contributed by atoms with Gasteiger partial charge in [0.05, 0.1) is 6.10 Å². The largest absolute Gasteiger partial charge is 0.400 e. The number of aliphatic hydroxyl groups excluding tert-OH is 2. The fourth-order valence-corrected chi connectivity index (χ4v) is 8.76.